The minimum absolute atomic E-state index is 0.325. The molecule has 1 aromatic rings. The number of hydrogen-bond donors (Lipinski definition) is 1. The Bertz CT molecular complexity index is 566. The third-order valence-electron chi connectivity index (χ3n) is 2.74. The summed E-state index contributed by atoms with van der Waals surface area (Å²) in [5.41, 5.74) is 0.573. The third kappa shape index (κ3) is 2.95. The van der Waals surface area contributed by atoms with E-state index in [4.69, 9.17) is 4.74 Å². The number of hydrogen-bond acceptors (Lipinski definition) is 4. The Kier molecular flexibility index (Phi) is 3.77. The summed E-state index contributed by atoms with van der Waals surface area (Å²) in [6, 6.07) is 4.83. The van der Waals surface area contributed by atoms with Gasteiger partial charge in [-0.2, -0.15) is 0 Å². The quantitative estimate of drug-likeness (QED) is 0.784. The highest BCUT2D eigenvalue weighted by molar-refractivity contribution is 9.10. The number of amides is 2. The van der Waals surface area contributed by atoms with E-state index in [2.05, 4.69) is 21.2 Å². The maximum Gasteiger partial charge on any atom is 0.421 e. The second kappa shape index (κ2) is 5.09. The van der Waals surface area contributed by atoms with Crippen molar-refractivity contribution in [1.82, 2.24) is 0 Å². The molecular weight excluding hydrogens is 324 g/mol. The lowest BCUT2D eigenvalue weighted by atomic mass is 10.1. The van der Waals surface area contributed by atoms with Crippen molar-refractivity contribution in [2.75, 3.05) is 10.2 Å². The SMILES string of the molecule is C[C@@H]1Nc2cc(Br)ccc2N(C(=O)OC(C)(C)C)C1=O. The highest BCUT2D eigenvalue weighted by atomic mass is 79.9. The van der Waals surface area contributed by atoms with Crippen molar-refractivity contribution >= 4 is 39.3 Å². The number of benzene rings is 1. The number of rotatable bonds is 0. The number of carbonyl (C=O) groups excluding carboxylic acids is 2. The van der Waals surface area contributed by atoms with Crippen molar-refractivity contribution in [3.8, 4) is 0 Å². The fourth-order valence-corrected chi connectivity index (χ4v) is 2.28. The summed E-state index contributed by atoms with van der Waals surface area (Å²) >= 11 is 3.37. The second-order valence-corrected chi connectivity index (χ2v) is 6.60. The fourth-order valence-electron chi connectivity index (χ4n) is 1.92. The van der Waals surface area contributed by atoms with E-state index < -0.39 is 17.7 Å². The third-order valence-corrected chi connectivity index (χ3v) is 3.23. The molecule has 0 saturated carbocycles. The van der Waals surface area contributed by atoms with Crippen molar-refractivity contribution in [2.45, 2.75) is 39.3 Å². The highest BCUT2D eigenvalue weighted by Gasteiger charge is 2.36. The second-order valence-electron chi connectivity index (χ2n) is 5.68. The normalized spacial score (nSPS) is 18.4. The van der Waals surface area contributed by atoms with E-state index in [-0.39, 0.29) is 5.91 Å². The first kappa shape index (κ1) is 14.8. The van der Waals surface area contributed by atoms with Crippen LogP contribution >= 0.6 is 15.9 Å². The molecular formula is C14H17BrN2O3. The Morgan fingerprint density at radius 2 is 2.05 bits per heavy atom. The van der Waals surface area contributed by atoms with Crippen molar-refractivity contribution in [1.29, 1.82) is 0 Å². The summed E-state index contributed by atoms with van der Waals surface area (Å²) in [6.45, 7) is 7.01. The van der Waals surface area contributed by atoms with Gasteiger partial charge in [-0.1, -0.05) is 15.9 Å². The molecule has 0 radical (unpaired) electrons. The van der Waals surface area contributed by atoms with Gasteiger partial charge in [-0.3, -0.25) is 4.79 Å². The van der Waals surface area contributed by atoms with Gasteiger partial charge in [0, 0.05) is 4.47 Å². The molecule has 0 bridgehead atoms. The molecule has 6 heteroatoms. The Morgan fingerprint density at radius 3 is 2.65 bits per heavy atom. The summed E-state index contributed by atoms with van der Waals surface area (Å²) in [5, 5.41) is 3.07. The maximum absolute atomic E-state index is 12.3. The van der Waals surface area contributed by atoms with Crippen molar-refractivity contribution < 1.29 is 14.3 Å². The smallest absolute Gasteiger partial charge is 0.421 e. The Labute approximate surface area is 126 Å². The van der Waals surface area contributed by atoms with Gasteiger partial charge in [0.1, 0.15) is 11.6 Å². The summed E-state index contributed by atoms with van der Waals surface area (Å²) in [7, 11) is 0. The Morgan fingerprint density at radius 1 is 1.40 bits per heavy atom. The molecule has 20 heavy (non-hydrogen) atoms. The molecule has 1 aliphatic heterocycles. The number of fused-ring (bicyclic) bond motifs is 1. The molecule has 0 aromatic heterocycles. The van der Waals surface area contributed by atoms with Gasteiger partial charge in [0.15, 0.2) is 0 Å². The zero-order valence-corrected chi connectivity index (χ0v) is 13.4. The average Bonchev–Trinajstić information content (AvgIpc) is 2.28. The summed E-state index contributed by atoms with van der Waals surface area (Å²) in [5.74, 6) is -0.325. The highest BCUT2D eigenvalue weighted by Crippen LogP contribution is 2.34. The van der Waals surface area contributed by atoms with Crippen LogP contribution in [0.5, 0.6) is 0 Å². The van der Waals surface area contributed by atoms with Gasteiger partial charge in [0.05, 0.1) is 11.4 Å². The van der Waals surface area contributed by atoms with E-state index in [0.717, 1.165) is 15.1 Å². The lowest BCUT2D eigenvalue weighted by Crippen LogP contribution is -2.50. The van der Waals surface area contributed by atoms with Crippen LogP contribution in [-0.4, -0.2) is 23.6 Å². The molecule has 2 amide bonds. The fraction of sp³-hybridized carbons (Fsp3) is 0.429. The predicted molar refractivity (Wildman–Crippen MR) is 80.9 cm³/mol. The van der Waals surface area contributed by atoms with Crippen LogP contribution in [0, 0.1) is 0 Å². The summed E-state index contributed by atoms with van der Waals surface area (Å²) < 4.78 is 6.18. The van der Waals surface area contributed by atoms with Crippen molar-refractivity contribution in [3.05, 3.63) is 22.7 Å². The summed E-state index contributed by atoms with van der Waals surface area (Å²) in [4.78, 5) is 25.6. The van der Waals surface area contributed by atoms with Crippen LogP contribution in [0.1, 0.15) is 27.7 Å². The van der Waals surface area contributed by atoms with Gasteiger partial charge in [-0.15, -0.1) is 0 Å². The Balaban J connectivity index is 2.41. The average molecular weight is 341 g/mol. The first-order chi connectivity index (χ1) is 9.19. The van der Waals surface area contributed by atoms with E-state index >= 15 is 0 Å². The molecule has 0 unspecified atom stereocenters. The molecule has 1 aromatic carbocycles. The predicted octanol–water partition coefficient (Wildman–Crippen LogP) is 3.53. The van der Waals surface area contributed by atoms with Crippen LogP contribution in [0.4, 0.5) is 16.2 Å². The van der Waals surface area contributed by atoms with Gasteiger partial charge < -0.3 is 10.1 Å². The number of imide groups is 1. The van der Waals surface area contributed by atoms with Crippen LogP contribution in [0.2, 0.25) is 0 Å². The molecule has 5 nitrogen and oxygen atoms in total. The van der Waals surface area contributed by atoms with Crippen molar-refractivity contribution in [2.24, 2.45) is 0 Å². The van der Waals surface area contributed by atoms with E-state index in [0.29, 0.717) is 5.69 Å². The van der Waals surface area contributed by atoms with Gasteiger partial charge in [0.2, 0.25) is 0 Å². The maximum atomic E-state index is 12.3. The number of ether oxygens (including phenoxy) is 1. The van der Waals surface area contributed by atoms with Crippen LogP contribution in [0.25, 0.3) is 0 Å². The zero-order valence-electron chi connectivity index (χ0n) is 11.9. The standard InChI is InChI=1S/C14H17BrN2O3/c1-8-12(18)17(13(19)20-14(2,3)4)11-6-5-9(15)7-10(11)16-8/h5-8,16H,1-4H3/t8-/m0/s1. The summed E-state index contributed by atoms with van der Waals surface area (Å²) in [6.07, 6.45) is -0.653. The van der Waals surface area contributed by atoms with E-state index in [1.54, 1.807) is 39.8 Å². The molecule has 0 fully saturated rings. The monoisotopic (exact) mass is 340 g/mol. The van der Waals surface area contributed by atoms with Gasteiger partial charge in [-0.05, 0) is 45.9 Å². The number of carbonyl (C=O) groups is 2. The molecule has 1 N–H and O–H groups in total. The van der Waals surface area contributed by atoms with E-state index in [1.807, 2.05) is 6.07 Å². The zero-order chi connectivity index (χ0) is 15.1. The number of halogens is 1. The minimum Gasteiger partial charge on any atom is -0.443 e. The Hall–Kier alpha value is -1.56. The first-order valence-corrected chi connectivity index (χ1v) is 7.11. The lowest BCUT2D eigenvalue weighted by molar-refractivity contribution is -0.119. The molecule has 2 rings (SSSR count). The molecule has 0 spiro atoms. The largest absolute Gasteiger partial charge is 0.443 e. The van der Waals surface area contributed by atoms with Gasteiger partial charge in [0.25, 0.3) is 5.91 Å². The van der Waals surface area contributed by atoms with Crippen molar-refractivity contribution in [3.63, 3.8) is 0 Å². The first-order valence-electron chi connectivity index (χ1n) is 6.32. The topological polar surface area (TPSA) is 58.6 Å². The minimum atomic E-state index is -0.653. The molecule has 0 saturated heterocycles. The van der Waals surface area contributed by atoms with Crippen LogP contribution in [-0.2, 0) is 9.53 Å². The van der Waals surface area contributed by atoms with Crippen LogP contribution in [0.15, 0.2) is 22.7 Å². The van der Waals surface area contributed by atoms with Gasteiger partial charge in [-0.25, -0.2) is 9.69 Å². The van der Waals surface area contributed by atoms with Gasteiger partial charge >= 0.3 is 6.09 Å². The molecule has 1 aliphatic rings. The molecule has 1 atom stereocenters. The molecule has 108 valence electrons. The number of anilines is 2. The lowest BCUT2D eigenvalue weighted by Gasteiger charge is -2.33. The number of nitrogens with zero attached hydrogens (tertiary/aromatic N) is 1. The molecule has 1 heterocycles. The van der Waals surface area contributed by atoms with E-state index in [9.17, 15) is 9.59 Å². The van der Waals surface area contributed by atoms with Crippen LogP contribution < -0.4 is 10.2 Å². The molecule has 0 aliphatic carbocycles. The number of nitrogens with one attached hydrogen (secondary N) is 1. The van der Waals surface area contributed by atoms with Crippen LogP contribution in [0.3, 0.4) is 0 Å². The van der Waals surface area contributed by atoms with E-state index in [1.165, 1.54) is 0 Å².